The lowest BCUT2D eigenvalue weighted by molar-refractivity contribution is 0.598. The minimum Gasteiger partial charge on any atom is -0.255 e. The Bertz CT molecular complexity index is 624. The zero-order valence-corrected chi connectivity index (χ0v) is 10.5. The molecule has 0 bridgehead atoms. The summed E-state index contributed by atoms with van der Waals surface area (Å²) >= 11 is 1.18. The van der Waals surface area contributed by atoms with E-state index in [2.05, 4.69) is 9.71 Å². The normalized spacial score (nSPS) is 11.4. The maximum atomic E-state index is 13.0. The van der Waals surface area contributed by atoms with Gasteiger partial charge < -0.3 is 0 Å². The fraction of sp³-hybridized carbons (Fsp3) is 0.100. The molecule has 0 aliphatic heterocycles. The number of anilines is 1. The van der Waals surface area contributed by atoms with Crippen LogP contribution in [0.1, 0.15) is 5.56 Å². The molecule has 7 heteroatoms. The minimum atomic E-state index is -3.69. The summed E-state index contributed by atoms with van der Waals surface area (Å²) in [5.41, 5.74) is 0.284. The Hall–Kier alpha value is -1.47. The molecule has 2 aromatic rings. The topological polar surface area (TPSA) is 59.1 Å². The van der Waals surface area contributed by atoms with E-state index in [0.29, 0.717) is 0 Å². The molecule has 0 spiro atoms. The van der Waals surface area contributed by atoms with Gasteiger partial charge in [-0.3, -0.25) is 4.72 Å². The molecule has 0 aliphatic rings. The highest BCUT2D eigenvalue weighted by molar-refractivity contribution is 7.93. The smallest absolute Gasteiger partial charge is 0.255 e. The standard InChI is InChI=1S/C10H9FN2O2S2/c1-7-6-8(2-3-9(7)11)17(14,15)13-10-12-4-5-16-10/h2-6H,1H3,(H,12,13). The van der Waals surface area contributed by atoms with Crippen molar-refractivity contribution in [3.05, 3.63) is 41.2 Å². The van der Waals surface area contributed by atoms with Crippen molar-refractivity contribution in [3.8, 4) is 0 Å². The summed E-state index contributed by atoms with van der Waals surface area (Å²) in [5, 5.41) is 1.94. The second kappa shape index (κ2) is 4.42. The number of hydrogen-bond acceptors (Lipinski definition) is 4. The number of nitrogens with zero attached hydrogens (tertiary/aromatic N) is 1. The van der Waals surface area contributed by atoms with Crippen LogP contribution in [0.15, 0.2) is 34.7 Å². The number of halogens is 1. The number of hydrogen-bond donors (Lipinski definition) is 1. The van der Waals surface area contributed by atoms with Gasteiger partial charge in [-0.1, -0.05) is 0 Å². The molecule has 0 saturated carbocycles. The summed E-state index contributed by atoms with van der Waals surface area (Å²) in [6, 6.07) is 3.63. The molecule has 0 fully saturated rings. The SMILES string of the molecule is Cc1cc(S(=O)(=O)Nc2nccs2)ccc1F. The lowest BCUT2D eigenvalue weighted by atomic mass is 10.2. The zero-order chi connectivity index (χ0) is 12.5. The molecule has 2 rings (SSSR count). The molecule has 0 aliphatic carbocycles. The van der Waals surface area contributed by atoms with Gasteiger partial charge in [-0.2, -0.15) is 0 Å². The largest absolute Gasteiger partial charge is 0.263 e. The Morgan fingerprint density at radius 3 is 2.76 bits per heavy atom. The number of benzene rings is 1. The summed E-state index contributed by atoms with van der Waals surface area (Å²) in [6.45, 7) is 1.51. The Morgan fingerprint density at radius 1 is 1.41 bits per heavy atom. The molecule has 17 heavy (non-hydrogen) atoms. The predicted octanol–water partition coefficient (Wildman–Crippen LogP) is 2.39. The molecule has 1 aromatic heterocycles. The van der Waals surface area contributed by atoms with Crippen molar-refractivity contribution in [1.82, 2.24) is 4.98 Å². The van der Waals surface area contributed by atoms with Crippen molar-refractivity contribution in [2.24, 2.45) is 0 Å². The highest BCUT2D eigenvalue weighted by Gasteiger charge is 2.16. The Kier molecular flexibility index (Phi) is 3.12. The molecule has 0 atom stereocenters. The fourth-order valence-corrected chi connectivity index (χ4v) is 3.11. The van der Waals surface area contributed by atoms with Crippen LogP contribution in [0.3, 0.4) is 0 Å². The first-order chi connectivity index (χ1) is 7.99. The highest BCUT2D eigenvalue weighted by atomic mass is 32.2. The van der Waals surface area contributed by atoms with Crippen LogP contribution >= 0.6 is 11.3 Å². The molecular weight excluding hydrogens is 263 g/mol. The maximum Gasteiger partial charge on any atom is 0.263 e. The molecule has 0 amide bonds. The van der Waals surface area contributed by atoms with E-state index in [0.717, 1.165) is 6.07 Å². The van der Waals surface area contributed by atoms with Gasteiger partial charge in [-0.25, -0.2) is 17.8 Å². The number of thiazole rings is 1. The molecule has 1 N–H and O–H groups in total. The average Bonchev–Trinajstić information content (AvgIpc) is 2.73. The molecule has 0 unspecified atom stereocenters. The van der Waals surface area contributed by atoms with Crippen LogP contribution in [0, 0.1) is 12.7 Å². The van der Waals surface area contributed by atoms with E-state index in [9.17, 15) is 12.8 Å². The quantitative estimate of drug-likeness (QED) is 0.933. The van der Waals surface area contributed by atoms with Gasteiger partial charge in [0.25, 0.3) is 10.0 Å². The van der Waals surface area contributed by atoms with Crippen LogP contribution in [-0.2, 0) is 10.0 Å². The molecule has 4 nitrogen and oxygen atoms in total. The average molecular weight is 272 g/mol. The lowest BCUT2D eigenvalue weighted by Crippen LogP contribution is -2.13. The Morgan fingerprint density at radius 2 is 2.18 bits per heavy atom. The third kappa shape index (κ3) is 2.62. The van der Waals surface area contributed by atoms with Crippen LogP contribution in [0.4, 0.5) is 9.52 Å². The van der Waals surface area contributed by atoms with Crippen molar-refractivity contribution < 1.29 is 12.8 Å². The van der Waals surface area contributed by atoms with Crippen molar-refractivity contribution in [3.63, 3.8) is 0 Å². The van der Waals surface area contributed by atoms with Gasteiger partial charge in [0.15, 0.2) is 5.13 Å². The first-order valence-corrected chi connectivity index (χ1v) is 7.04. The number of rotatable bonds is 3. The van der Waals surface area contributed by atoms with Crippen molar-refractivity contribution >= 4 is 26.5 Å². The molecular formula is C10H9FN2O2S2. The Balaban J connectivity index is 2.35. The van der Waals surface area contributed by atoms with E-state index in [-0.39, 0.29) is 15.6 Å². The van der Waals surface area contributed by atoms with Crippen molar-refractivity contribution in [2.75, 3.05) is 4.72 Å². The number of aryl methyl sites for hydroxylation is 1. The lowest BCUT2D eigenvalue weighted by Gasteiger charge is -2.06. The van der Waals surface area contributed by atoms with E-state index in [1.807, 2.05) is 0 Å². The predicted molar refractivity (Wildman–Crippen MR) is 64.1 cm³/mol. The second-order valence-corrected chi connectivity index (χ2v) is 5.93. The van der Waals surface area contributed by atoms with Gasteiger partial charge in [0.1, 0.15) is 5.82 Å². The maximum absolute atomic E-state index is 13.0. The third-order valence-corrected chi connectivity index (χ3v) is 4.25. The number of sulfonamides is 1. The summed E-state index contributed by atoms with van der Waals surface area (Å²) in [7, 11) is -3.69. The fourth-order valence-electron chi connectivity index (χ4n) is 1.23. The zero-order valence-electron chi connectivity index (χ0n) is 8.84. The Labute approximate surface area is 102 Å². The molecule has 0 radical (unpaired) electrons. The number of aromatic nitrogens is 1. The van der Waals surface area contributed by atoms with Crippen molar-refractivity contribution in [1.29, 1.82) is 0 Å². The van der Waals surface area contributed by atoms with Gasteiger partial charge in [-0.05, 0) is 30.7 Å². The summed E-state index contributed by atoms with van der Waals surface area (Å²) in [5.74, 6) is -0.432. The van der Waals surface area contributed by atoms with E-state index in [4.69, 9.17) is 0 Å². The van der Waals surface area contributed by atoms with Gasteiger partial charge in [0.05, 0.1) is 4.90 Å². The monoisotopic (exact) mass is 272 g/mol. The van der Waals surface area contributed by atoms with Gasteiger partial charge in [-0.15, -0.1) is 11.3 Å². The van der Waals surface area contributed by atoms with Gasteiger partial charge in [0.2, 0.25) is 0 Å². The first kappa shape index (κ1) is 12.0. The van der Waals surface area contributed by atoms with Crippen LogP contribution in [0.2, 0.25) is 0 Å². The molecule has 0 saturated heterocycles. The van der Waals surface area contributed by atoms with E-state index in [1.165, 1.54) is 36.6 Å². The van der Waals surface area contributed by atoms with Crippen LogP contribution in [-0.4, -0.2) is 13.4 Å². The van der Waals surface area contributed by atoms with E-state index >= 15 is 0 Å². The molecule has 90 valence electrons. The summed E-state index contributed by atoms with van der Waals surface area (Å²) < 4.78 is 39.1. The van der Waals surface area contributed by atoms with Crippen LogP contribution in [0.25, 0.3) is 0 Å². The molecule has 1 heterocycles. The second-order valence-electron chi connectivity index (χ2n) is 3.35. The first-order valence-electron chi connectivity index (χ1n) is 4.67. The number of nitrogens with one attached hydrogen (secondary N) is 1. The minimum absolute atomic E-state index is 0.0200. The van der Waals surface area contributed by atoms with Crippen LogP contribution in [0.5, 0.6) is 0 Å². The van der Waals surface area contributed by atoms with E-state index < -0.39 is 15.8 Å². The summed E-state index contributed by atoms with van der Waals surface area (Å²) in [4.78, 5) is 3.84. The van der Waals surface area contributed by atoms with Crippen LogP contribution < -0.4 is 4.72 Å². The van der Waals surface area contributed by atoms with E-state index in [1.54, 1.807) is 5.38 Å². The molecule has 1 aromatic carbocycles. The summed E-state index contributed by atoms with van der Waals surface area (Å²) in [6.07, 6.45) is 1.50. The van der Waals surface area contributed by atoms with Gasteiger partial charge in [0, 0.05) is 11.6 Å². The van der Waals surface area contributed by atoms with Crippen molar-refractivity contribution in [2.45, 2.75) is 11.8 Å². The highest BCUT2D eigenvalue weighted by Crippen LogP contribution is 2.19. The van der Waals surface area contributed by atoms with Gasteiger partial charge >= 0.3 is 0 Å². The third-order valence-electron chi connectivity index (χ3n) is 2.09.